The minimum absolute atomic E-state index is 0.286. The van der Waals surface area contributed by atoms with Crippen LogP contribution in [0, 0.1) is 17.0 Å². The summed E-state index contributed by atoms with van der Waals surface area (Å²) in [5, 5.41) is 17.0. The number of furan rings is 1. The van der Waals surface area contributed by atoms with Gasteiger partial charge in [-0.3, -0.25) is 15.1 Å². The average molecular weight is 334 g/mol. The van der Waals surface area contributed by atoms with Gasteiger partial charge in [-0.05, 0) is 25.8 Å². The zero-order chi connectivity index (χ0) is 16.2. The summed E-state index contributed by atoms with van der Waals surface area (Å²) in [4.78, 5) is 15.7. The summed E-state index contributed by atoms with van der Waals surface area (Å²) in [6.45, 7) is 1.96. The third-order valence-electron chi connectivity index (χ3n) is 3.81. The zero-order valence-electron chi connectivity index (χ0n) is 12.8. The Balaban J connectivity index is 1.84. The summed E-state index contributed by atoms with van der Waals surface area (Å²) in [6, 6.07) is 3.22. The fraction of sp³-hybridized carbons (Fsp3) is 0.467. The van der Waals surface area contributed by atoms with Gasteiger partial charge in [-0.2, -0.15) is 5.10 Å². The number of aryl methyl sites for hydroxylation is 1. The number of aromatic nitrogens is 1. The molecule has 2 heterocycles. The van der Waals surface area contributed by atoms with Crippen molar-refractivity contribution in [3.05, 3.63) is 43.9 Å². The van der Waals surface area contributed by atoms with Crippen LogP contribution in [0.4, 0.5) is 5.88 Å². The lowest BCUT2D eigenvalue weighted by Crippen LogP contribution is -2.19. The van der Waals surface area contributed by atoms with Gasteiger partial charge in [0.1, 0.15) is 4.92 Å². The molecule has 7 nitrogen and oxygen atoms in total. The van der Waals surface area contributed by atoms with Gasteiger partial charge in [0.2, 0.25) is 4.80 Å². The van der Waals surface area contributed by atoms with E-state index in [1.165, 1.54) is 37.6 Å². The summed E-state index contributed by atoms with van der Waals surface area (Å²) in [5.74, 6) is 0.0593. The molecule has 8 heteroatoms. The fourth-order valence-corrected chi connectivity index (χ4v) is 3.48. The van der Waals surface area contributed by atoms with Crippen LogP contribution in [0.15, 0.2) is 32.0 Å². The van der Waals surface area contributed by atoms with Gasteiger partial charge in [0, 0.05) is 5.38 Å². The standard InChI is InChI=1S/C15H18N4O3S/c1-11-10-23-15(17-12-5-3-2-4-6-12)18(11)16-9-13-7-8-14(22-13)19(20)21/h7-10,12H,2-6H2,1H3. The molecule has 0 aromatic carbocycles. The predicted molar refractivity (Wildman–Crippen MR) is 87.8 cm³/mol. The van der Waals surface area contributed by atoms with Crippen LogP contribution in [-0.2, 0) is 0 Å². The van der Waals surface area contributed by atoms with Gasteiger partial charge in [-0.1, -0.05) is 19.3 Å². The molecule has 1 fully saturated rings. The molecule has 0 radical (unpaired) electrons. The maximum atomic E-state index is 10.6. The molecule has 0 spiro atoms. The Kier molecular flexibility index (Phi) is 4.71. The predicted octanol–water partition coefficient (Wildman–Crippen LogP) is 3.47. The Labute approximate surface area is 137 Å². The highest BCUT2D eigenvalue weighted by atomic mass is 32.1. The SMILES string of the molecule is Cc1csc(=NC2CCCCC2)n1N=Cc1ccc([N+](=O)[O-])o1. The topological polar surface area (TPSA) is 85.9 Å². The molecule has 1 aliphatic rings. The van der Waals surface area contributed by atoms with Crippen LogP contribution in [0.1, 0.15) is 43.6 Å². The van der Waals surface area contributed by atoms with Gasteiger partial charge < -0.3 is 4.42 Å². The van der Waals surface area contributed by atoms with E-state index in [-0.39, 0.29) is 5.88 Å². The lowest BCUT2D eigenvalue weighted by atomic mass is 9.96. The molecule has 23 heavy (non-hydrogen) atoms. The Morgan fingerprint density at radius 3 is 2.87 bits per heavy atom. The Bertz CT molecular complexity index is 781. The van der Waals surface area contributed by atoms with Crippen LogP contribution in [0.25, 0.3) is 0 Å². The third kappa shape index (κ3) is 3.76. The van der Waals surface area contributed by atoms with Gasteiger partial charge in [-0.25, -0.2) is 4.68 Å². The molecular formula is C15H18N4O3S. The van der Waals surface area contributed by atoms with E-state index in [0.717, 1.165) is 23.3 Å². The molecule has 0 N–H and O–H groups in total. The Morgan fingerprint density at radius 1 is 1.39 bits per heavy atom. The highest BCUT2D eigenvalue weighted by Crippen LogP contribution is 2.20. The summed E-state index contributed by atoms with van der Waals surface area (Å²) in [5.41, 5.74) is 0.974. The van der Waals surface area contributed by atoms with Crippen molar-refractivity contribution in [1.29, 1.82) is 0 Å². The van der Waals surface area contributed by atoms with Crippen molar-refractivity contribution in [2.24, 2.45) is 10.1 Å². The molecule has 3 rings (SSSR count). The van der Waals surface area contributed by atoms with Gasteiger partial charge in [0.05, 0.1) is 24.0 Å². The molecule has 0 atom stereocenters. The molecule has 1 aliphatic carbocycles. The first-order valence-electron chi connectivity index (χ1n) is 7.63. The largest absolute Gasteiger partial charge is 0.433 e. The molecular weight excluding hydrogens is 316 g/mol. The summed E-state index contributed by atoms with van der Waals surface area (Å²) in [7, 11) is 0. The van der Waals surface area contributed by atoms with Crippen molar-refractivity contribution in [2.75, 3.05) is 0 Å². The van der Waals surface area contributed by atoms with Crippen molar-refractivity contribution in [3.8, 4) is 0 Å². The van der Waals surface area contributed by atoms with Gasteiger partial charge in [0.25, 0.3) is 0 Å². The molecule has 0 unspecified atom stereocenters. The molecule has 122 valence electrons. The van der Waals surface area contributed by atoms with Crippen molar-refractivity contribution in [3.63, 3.8) is 0 Å². The second-order valence-corrected chi connectivity index (χ2v) is 6.41. The number of rotatable bonds is 4. The first kappa shape index (κ1) is 15.7. The quantitative estimate of drug-likeness (QED) is 0.487. The number of thiazole rings is 1. The highest BCUT2D eigenvalue weighted by molar-refractivity contribution is 7.07. The molecule has 2 aromatic rings. The van der Waals surface area contributed by atoms with Gasteiger partial charge in [-0.15, -0.1) is 11.3 Å². The average Bonchev–Trinajstić information content (AvgIpc) is 3.14. The maximum absolute atomic E-state index is 10.6. The zero-order valence-corrected chi connectivity index (χ0v) is 13.7. The minimum atomic E-state index is -0.565. The van der Waals surface area contributed by atoms with Crippen molar-refractivity contribution < 1.29 is 9.34 Å². The Hall–Kier alpha value is -2.22. The van der Waals surface area contributed by atoms with E-state index in [0.29, 0.717) is 11.8 Å². The molecule has 0 bridgehead atoms. The third-order valence-corrected chi connectivity index (χ3v) is 4.76. The molecule has 1 saturated carbocycles. The molecule has 2 aromatic heterocycles. The van der Waals surface area contributed by atoms with Crippen molar-refractivity contribution >= 4 is 23.4 Å². The second-order valence-electron chi connectivity index (χ2n) is 5.57. The Morgan fingerprint density at radius 2 is 2.17 bits per heavy atom. The van der Waals surface area contributed by atoms with E-state index >= 15 is 0 Å². The van der Waals surface area contributed by atoms with Crippen molar-refractivity contribution in [2.45, 2.75) is 45.1 Å². The van der Waals surface area contributed by atoms with Crippen LogP contribution >= 0.6 is 11.3 Å². The molecule has 0 amide bonds. The number of hydrogen-bond acceptors (Lipinski definition) is 6. The molecule has 0 aliphatic heterocycles. The second kappa shape index (κ2) is 6.91. The monoisotopic (exact) mass is 334 g/mol. The number of nitro groups is 1. The number of hydrogen-bond donors (Lipinski definition) is 0. The number of nitrogens with zero attached hydrogens (tertiary/aromatic N) is 4. The normalized spacial score (nSPS) is 17.2. The first-order valence-corrected chi connectivity index (χ1v) is 8.51. The maximum Gasteiger partial charge on any atom is 0.433 e. The van der Waals surface area contributed by atoms with Crippen LogP contribution < -0.4 is 4.80 Å². The van der Waals surface area contributed by atoms with E-state index in [1.54, 1.807) is 16.0 Å². The van der Waals surface area contributed by atoms with E-state index in [4.69, 9.17) is 9.41 Å². The smallest absolute Gasteiger partial charge is 0.400 e. The fourth-order valence-electron chi connectivity index (χ4n) is 2.60. The summed E-state index contributed by atoms with van der Waals surface area (Å²) < 4.78 is 6.84. The van der Waals surface area contributed by atoms with Gasteiger partial charge in [0.15, 0.2) is 5.76 Å². The van der Waals surface area contributed by atoms with Crippen molar-refractivity contribution in [1.82, 2.24) is 4.68 Å². The van der Waals surface area contributed by atoms with E-state index in [1.807, 2.05) is 12.3 Å². The van der Waals surface area contributed by atoms with E-state index < -0.39 is 4.92 Å². The van der Waals surface area contributed by atoms with Crippen LogP contribution in [-0.4, -0.2) is 21.9 Å². The van der Waals surface area contributed by atoms with Crippen LogP contribution in [0.2, 0.25) is 0 Å². The first-order chi connectivity index (χ1) is 11.1. The summed E-state index contributed by atoms with van der Waals surface area (Å²) >= 11 is 1.56. The minimum Gasteiger partial charge on any atom is -0.400 e. The summed E-state index contributed by atoms with van der Waals surface area (Å²) in [6.07, 6.45) is 7.50. The lowest BCUT2D eigenvalue weighted by Gasteiger charge is -2.16. The van der Waals surface area contributed by atoms with Crippen LogP contribution in [0.5, 0.6) is 0 Å². The lowest BCUT2D eigenvalue weighted by molar-refractivity contribution is -0.402. The van der Waals surface area contributed by atoms with Crippen LogP contribution in [0.3, 0.4) is 0 Å². The van der Waals surface area contributed by atoms with E-state index in [9.17, 15) is 10.1 Å². The molecule has 0 saturated heterocycles. The van der Waals surface area contributed by atoms with E-state index in [2.05, 4.69) is 5.10 Å². The highest BCUT2D eigenvalue weighted by Gasteiger charge is 2.13. The van der Waals surface area contributed by atoms with Gasteiger partial charge >= 0.3 is 5.88 Å².